The molecule has 0 saturated carbocycles. The predicted octanol–water partition coefficient (Wildman–Crippen LogP) is -2.04. The van der Waals surface area contributed by atoms with Gasteiger partial charge >= 0.3 is 5.69 Å². The van der Waals surface area contributed by atoms with Crippen molar-refractivity contribution in [2.24, 2.45) is 0 Å². The Morgan fingerprint density at radius 3 is 2.81 bits per heavy atom. The summed E-state index contributed by atoms with van der Waals surface area (Å²) in [6.45, 7) is 1.79. The van der Waals surface area contributed by atoms with E-state index < -0.39 is 36.3 Å². The zero-order chi connectivity index (χ0) is 15.6. The summed E-state index contributed by atoms with van der Waals surface area (Å²) in [6.07, 6.45) is -3.11. The summed E-state index contributed by atoms with van der Waals surface area (Å²) in [5.74, 6) is 0.318. The third kappa shape index (κ3) is 2.38. The van der Waals surface area contributed by atoms with Crippen LogP contribution in [0.15, 0.2) is 17.1 Å². The van der Waals surface area contributed by atoms with E-state index in [1.807, 2.05) is 6.92 Å². The Kier molecular flexibility index (Phi) is 4.24. The van der Waals surface area contributed by atoms with E-state index in [0.29, 0.717) is 12.4 Å². The number of anilines is 1. The fourth-order valence-corrected chi connectivity index (χ4v) is 2.23. The van der Waals surface area contributed by atoms with E-state index in [1.54, 1.807) is 6.07 Å². The van der Waals surface area contributed by atoms with Crippen LogP contribution in [0.5, 0.6) is 0 Å². The molecule has 1 fully saturated rings. The van der Waals surface area contributed by atoms with Crippen LogP contribution in [0, 0.1) is 11.3 Å². The summed E-state index contributed by atoms with van der Waals surface area (Å²) < 4.78 is 6.03. The number of nitrogens with zero attached hydrogens (tertiary/aromatic N) is 3. The molecule has 9 nitrogen and oxygen atoms in total. The molecule has 0 spiro atoms. The molecule has 114 valence electrons. The Balaban J connectivity index is 2.48. The molecule has 0 bridgehead atoms. The van der Waals surface area contributed by atoms with Crippen LogP contribution in [0.1, 0.15) is 6.92 Å². The predicted molar refractivity (Wildman–Crippen MR) is 70.2 cm³/mol. The van der Waals surface area contributed by atoms with Crippen molar-refractivity contribution in [3.05, 3.63) is 22.7 Å². The highest BCUT2D eigenvalue weighted by Crippen LogP contribution is 2.34. The molecule has 4 atom stereocenters. The molecule has 2 rings (SSSR count). The summed E-state index contributed by atoms with van der Waals surface area (Å²) >= 11 is 0. The molecule has 1 aliphatic rings. The van der Waals surface area contributed by atoms with Gasteiger partial charge in [-0.05, 0) is 13.0 Å². The molecular weight excluding hydrogens is 280 g/mol. The molecule has 1 aromatic heterocycles. The summed E-state index contributed by atoms with van der Waals surface area (Å²) in [4.78, 5) is 15.8. The van der Waals surface area contributed by atoms with Crippen LogP contribution in [0.4, 0.5) is 5.82 Å². The number of aliphatic hydroxyl groups excluding tert-OH is 3. The number of aromatic nitrogens is 2. The van der Waals surface area contributed by atoms with Crippen LogP contribution >= 0.6 is 0 Å². The van der Waals surface area contributed by atoms with E-state index in [0.717, 1.165) is 4.57 Å². The first-order valence-electron chi connectivity index (χ1n) is 6.40. The second-order valence-electron chi connectivity index (χ2n) is 4.58. The van der Waals surface area contributed by atoms with Crippen LogP contribution in [-0.2, 0) is 10.5 Å². The molecule has 1 aromatic rings. The van der Waals surface area contributed by atoms with Crippen molar-refractivity contribution in [3.63, 3.8) is 0 Å². The standard InChI is InChI=1S/C12H16N4O5/c1-2-14-8-3-4-16(11(20)15-8)12(6-13)10(19)9(18)7(5-17)21-12/h3-4,7,9-10,17-19H,2,5H2,1H3,(H,14,15,20). The monoisotopic (exact) mass is 296 g/mol. The van der Waals surface area contributed by atoms with Crippen LogP contribution in [0.2, 0.25) is 0 Å². The number of rotatable bonds is 4. The van der Waals surface area contributed by atoms with Crippen molar-refractivity contribution in [1.82, 2.24) is 9.55 Å². The van der Waals surface area contributed by atoms with Gasteiger partial charge in [-0.1, -0.05) is 0 Å². The topological polar surface area (TPSA) is 141 Å². The lowest BCUT2D eigenvalue weighted by atomic mass is 10.0. The van der Waals surface area contributed by atoms with Crippen LogP contribution in [-0.4, -0.2) is 56.3 Å². The van der Waals surface area contributed by atoms with Crippen molar-refractivity contribution in [1.29, 1.82) is 5.26 Å². The minimum atomic E-state index is -2.12. The summed E-state index contributed by atoms with van der Waals surface area (Å²) in [7, 11) is 0. The molecule has 21 heavy (non-hydrogen) atoms. The fourth-order valence-electron chi connectivity index (χ4n) is 2.23. The summed E-state index contributed by atoms with van der Waals surface area (Å²) in [6, 6.07) is 3.13. The summed E-state index contributed by atoms with van der Waals surface area (Å²) in [5.41, 5.74) is -2.94. The molecule has 4 unspecified atom stereocenters. The minimum absolute atomic E-state index is 0.318. The maximum atomic E-state index is 12.0. The van der Waals surface area contributed by atoms with Crippen LogP contribution in [0.3, 0.4) is 0 Å². The maximum Gasteiger partial charge on any atom is 0.352 e. The SMILES string of the molecule is CCNc1ccn(C2(C#N)OC(CO)C(O)C2O)c(=O)n1. The third-order valence-corrected chi connectivity index (χ3v) is 3.30. The zero-order valence-corrected chi connectivity index (χ0v) is 11.3. The number of aliphatic hydroxyl groups is 3. The van der Waals surface area contributed by atoms with Gasteiger partial charge in [-0.15, -0.1) is 0 Å². The molecule has 1 saturated heterocycles. The number of ether oxygens (including phenoxy) is 1. The number of nitriles is 1. The van der Waals surface area contributed by atoms with Gasteiger partial charge in [-0.2, -0.15) is 10.2 Å². The van der Waals surface area contributed by atoms with Gasteiger partial charge in [0.15, 0.2) is 0 Å². The van der Waals surface area contributed by atoms with Crippen molar-refractivity contribution >= 4 is 5.82 Å². The number of nitrogens with one attached hydrogen (secondary N) is 1. The van der Waals surface area contributed by atoms with Crippen molar-refractivity contribution < 1.29 is 20.1 Å². The molecule has 0 aliphatic carbocycles. The molecule has 0 radical (unpaired) electrons. The van der Waals surface area contributed by atoms with Gasteiger partial charge in [0.25, 0.3) is 5.72 Å². The van der Waals surface area contributed by atoms with Crippen molar-refractivity contribution in [2.75, 3.05) is 18.5 Å². The zero-order valence-electron chi connectivity index (χ0n) is 11.3. The van der Waals surface area contributed by atoms with Gasteiger partial charge in [0, 0.05) is 12.7 Å². The van der Waals surface area contributed by atoms with Gasteiger partial charge in [-0.25, -0.2) is 4.79 Å². The lowest BCUT2D eigenvalue weighted by molar-refractivity contribution is -0.109. The molecule has 4 N–H and O–H groups in total. The van der Waals surface area contributed by atoms with Gasteiger partial charge in [0.05, 0.1) is 6.61 Å². The fraction of sp³-hybridized carbons (Fsp3) is 0.583. The van der Waals surface area contributed by atoms with Gasteiger partial charge in [0.1, 0.15) is 30.2 Å². The molecular formula is C12H16N4O5. The first kappa shape index (κ1) is 15.4. The number of hydrogen-bond acceptors (Lipinski definition) is 8. The second-order valence-corrected chi connectivity index (χ2v) is 4.58. The highest BCUT2D eigenvalue weighted by Gasteiger charge is 2.56. The molecule has 1 aliphatic heterocycles. The average Bonchev–Trinajstić information content (AvgIpc) is 2.73. The molecule has 0 amide bonds. The molecule has 9 heteroatoms. The highest BCUT2D eigenvalue weighted by atomic mass is 16.6. The molecule has 0 aromatic carbocycles. The quantitative estimate of drug-likeness (QED) is 0.498. The Hall–Kier alpha value is -1.99. The maximum absolute atomic E-state index is 12.0. The normalized spacial score (nSPS) is 31.9. The molecule has 2 heterocycles. The van der Waals surface area contributed by atoms with E-state index >= 15 is 0 Å². The summed E-state index contributed by atoms with van der Waals surface area (Å²) in [5, 5.41) is 41.1. The Bertz CT molecular complexity index is 612. The number of hydrogen-bond donors (Lipinski definition) is 4. The van der Waals surface area contributed by atoms with E-state index in [-0.39, 0.29) is 0 Å². The van der Waals surface area contributed by atoms with Gasteiger partial charge in [-0.3, -0.25) is 4.57 Å². The van der Waals surface area contributed by atoms with Crippen LogP contribution < -0.4 is 11.0 Å². The van der Waals surface area contributed by atoms with Crippen molar-refractivity contribution in [3.8, 4) is 6.07 Å². The third-order valence-electron chi connectivity index (χ3n) is 3.30. The smallest absolute Gasteiger partial charge is 0.352 e. The van der Waals surface area contributed by atoms with E-state index in [2.05, 4.69) is 10.3 Å². The van der Waals surface area contributed by atoms with Gasteiger partial charge < -0.3 is 25.4 Å². The van der Waals surface area contributed by atoms with E-state index in [4.69, 9.17) is 9.84 Å². The first-order valence-corrected chi connectivity index (χ1v) is 6.40. The van der Waals surface area contributed by atoms with Crippen LogP contribution in [0.25, 0.3) is 0 Å². The lowest BCUT2D eigenvalue weighted by Gasteiger charge is -2.26. The minimum Gasteiger partial charge on any atom is -0.394 e. The van der Waals surface area contributed by atoms with E-state index in [1.165, 1.54) is 12.3 Å². The van der Waals surface area contributed by atoms with E-state index in [9.17, 15) is 20.3 Å². The van der Waals surface area contributed by atoms with Crippen molar-refractivity contribution in [2.45, 2.75) is 31.0 Å². The Morgan fingerprint density at radius 1 is 1.62 bits per heavy atom. The average molecular weight is 296 g/mol. The first-order chi connectivity index (χ1) is 10.00. The Morgan fingerprint density at radius 2 is 2.33 bits per heavy atom. The Labute approximate surface area is 120 Å². The largest absolute Gasteiger partial charge is 0.394 e. The lowest BCUT2D eigenvalue weighted by Crippen LogP contribution is -2.49. The van der Waals surface area contributed by atoms with Gasteiger partial charge in [0.2, 0.25) is 0 Å². The second kappa shape index (κ2) is 5.79. The highest BCUT2D eigenvalue weighted by molar-refractivity contribution is 5.32.